The highest BCUT2D eigenvalue weighted by molar-refractivity contribution is 6.36. The Morgan fingerprint density at radius 3 is 2.12 bits per heavy atom. The maximum absolute atomic E-state index is 11.5. The first-order valence-corrected chi connectivity index (χ1v) is 7.95. The summed E-state index contributed by atoms with van der Waals surface area (Å²) in [7, 11) is 0. The molecule has 0 saturated heterocycles. The van der Waals surface area contributed by atoms with Crippen LogP contribution in [0.15, 0.2) is 30.3 Å². The van der Waals surface area contributed by atoms with Crippen molar-refractivity contribution in [1.29, 1.82) is 0 Å². The Morgan fingerprint density at radius 2 is 1.64 bits per heavy atom. The highest BCUT2D eigenvalue weighted by Gasteiger charge is 2.30. The van der Waals surface area contributed by atoms with Gasteiger partial charge in [-0.1, -0.05) is 44.0 Å². The van der Waals surface area contributed by atoms with Gasteiger partial charge in [0.1, 0.15) is 5.69 Å². The smallest absolute Gasteiger partial charge is 0.299 e. The highest BCUT2D eigenvalue weighted by Crippen LogP contribution is 2.42. The fraction of sp³-hybridized carbons (Fsp3) is 0.250. The van der Waals surface area contributed by atoms with E-state index in [1.165, 1.54) is 12.1 Å². The summed E-state index contributed by atoms with van der Waals surface area (Å²) in [6.45, 7) is 5.43. The maximum Gasteiger partial charge on any atom is 0.299 e. The van der Waals surface area contributed by atoms with Gasteiger partial charge >= 0.3 is 0 Å². The third-order valence-corrected chi connectivity index (χ3v) is 4.06. The number of nitrogens with one attached hydrogen (secondary N) is 1. The summed E-state index contributed by atoms with van der Waals surface area (Å²) >= 11 is 12.0. The summed E-state index contributed by atoms with van der Waals surface area (Å²) in [4.78, 5) is 21.3. The second-order valence-electron chi connectivity index (χ2n) is 6.40. The first kappa shape index (κ1) is 19.0. The zero-order valence-corrected chi connectivity index (χ0v) is 15.2. The first-order valence-electron chi connectivity index (χ1n) is 7.20. The lowest BCUT2D eigenvalue weighted by molar-refractivity contribution is -0.393. The van der Waals surface area contributed by atoms with Crippen molar-refractivity contribution in [3.63, 3.8) is 0 Å². The van der Waals surface area contributed by atoms with Crippen LogP contribution in [0.1, 0.15) is 26.3 Å². The number of non-ortho nitro benzene ring substituents is 1. The molecule has 2 aromatic rings. The summed E-state index contributed by atoms with van der Waals surface area (Å²) in [5.74, 6) is 0. The van der Waals surface area contributed by atoms with Crippen molar-refractivity contribution >= 4 is 46.0 Å². The monoisotopic (exact) mass is 383 g/mol. The van der Waals surface area contributed by atoms with Crippen LogP contribution in [0.4, 0.5) is 22.7 Å². The van der Waals surface area contributed by atoms with E-state index in [4.69, 9.17) is 23.2 Å². The van der Waals surface area contributed by atoms with E-state index in [0.717, 1.165) is 6.07 Å². The number of nitro groups is 2. The normalized spacial score (nSPS) is 11.2. The zero-order chi connectivity index (χ0) is 18.9. The van der Waals surface area contributed by atoms with Gasteiger partial charge in [-0.15, -0.1) is 0 Å². The van der Waals surface area contributed by atoms with Crippen LogP contribution >= 0.6 is 23.2 Å². The first-order chi connectivity index (χ1) is 11.5. The molecule has 0 saturated carbocycles. The van der Waals surface area contributed by atoms with Gasteiger partial charge in [0, 0.05) is 11.1 Å². The predicted molar refractivity (Wildman–Crippen MR) is 98.2 cm³/mol. The average molecular weight is 384 g/mol. The quantitative estimate of drug-likeness (QED) is 0.527. The number of nitrogens with zero attached hydrogens (tertiary/aromatic N) is 2. The molecule has 1 N–H and O–H groups in total. The molecule has 0 aliphatic rings. The van der Waals surface area contributed by atoms with E-state index in [1.54, 1.807) is 12.1 Å². The predicted octanol–water partition coefficient (Wildman–Crippen LogP) is 5.85. The third-order valence-electron chi connectivity index (χ3n) is 3.51. The number of hydrogen-bond donors (Lipinski definition) is 1. The van der Waals surface area contributed by atoms with Crippen LogP contribution in [0, 0.1) is 20.2 Å². The van der Waals surface area contributed by atoms with Crippen molar-refractivity contribution in [2.75, 3.05) is 5.32 Å². The molecule has 0 radical (unpaired) electrons. The van der Waals surface area contributed by atoms with Gasteiger partial charge in [0.15, 0.2) is 0 Å². The van der Waals surface area contributed by atoms with E-state index < -0.39 is 20.9 Å². The highest BCUT2D eigenvalue weighted by atomic mass is 35.5. The molecule has 7 nitrogen and oxygen atoms in total. The molecule has 0 aliphatic carbocycles. The second kappa shape index (κ2) is 6.85. The van der Waals surface area contributed by atoms with E-state index in [0.29, 0.717) is 16.3 Å². The molecule has 0 spiro atoms. The lowest BCUT2D eigenvalue weighted by atomic mass is 9.84. The topological polar surface area (TPSA) is 98.3 Å². The average Bonchev–Trinajstić information content (AvgIpc) is 2.48. The number of anilines is 2. The minimum Gasteiger partial charge on any atom is -0.348 e. The van der Waals surface area contributed by atoms with Crippen LogP contribution in [0.25, 0.3) is 0 Å². The van der Waals surface area contributed by atoms with Crippen molar-refractivity contribution in [1.82, 2.24) is 0 Å². The van der Waals surface area contributed by atoms with E-state index in [1.807, 2.05) is 20.8 Å². The summed E-state index contributed by atoms with van der Waals surface area (Å²) < 4.78 is 0. The SMILES string of the molecule is CC(C)(C)c1cc([N+](=O)[O-])cc([N+](=O)[O-])c1Nc1ccc(Cl)cc1Cl. The molecule has 2 rings (SSSR count). The van der Waals surface area contributed by atoms with Gasteiger partial charge in [-0.3, -0.25) is 20.2 Å². The summed E-state index contributed by atoms with van der Waals surface area (Å²) in [6.07, 6.45) is 0. The summed E-state index contributed by atoms with van der Waals surface area (Å²) in [5.41, 5.74) is -0.326. The van der Waals surface area contributed by atoms with Crippen molar-refractivity contribution in [3.05, 3.63) is 66.2 Å². The molecular formula is C16H15Cl2N3O4. The van der Waals surface area contributed by atoms with Crippen molar-refractivity contribution in [3.8, 4) is 0 Å². The Bertz CT molecular complexity index is 863. The lowest BCUT2D eigenvalue weighted by Gasteiger charge is -2.23. The molecule has 0 bridgehead atoms. The molecule has 0 atom stereocenters. The number of hydrogen-bond acceptors (Lipinski definition) is 5. The van der Waals surface area contributed by atoms with E-state index in [-0.39, 0.29) is 16.4 Å². The van der Waals surface area contributed by atoms with Crippen molar-refractivity contribution in [2.45, 2.75) is 26.2 Å². The number of benzene rings is 2. The van der Waals surface area contributed by atoms with Gasteiger partial charge < -0.3 is 5.32 Å². The maximum atomic E-state index is 11.5. The second-order valence-corrected chi connectivity index (χ2v) is 7.24. The molecule has 0 aromatic heterocycles. The molecular weight excluding hydrogens is 369 g/mol. The van der Waals surface area contributed by atoms with Crippen LogP contribution in [0.5, 0.6) is 0 Å². The van der Waals surface area contributed by atoms with Crippen molar-refractivity contribution < 1.29 is 9.85 Å². The molecule has 0 aliphatic heterocycles. The van der Waals surface area contributed by atoms with Gasteiger partial charge in [-0.25, -0.2) is 0 Å². The Hall–Kier alpha value is -2.38. The Morgan fingerprint density at radius 1 is 1.00 bits per heavy atom. The molecule has 0 heterocycles. The summed E-state index contributed by atoms with van der Waals surface area (Å²) in [5, 5.41) is 26.3. The van der Waals surface area contributed by atoms with Crippen molar-refractivity contribution in [2.24, 2.45) is 0 Å². The molecule has 2 aromatic carbocycles. The molecule has 0 fully saturated rings. The van der Waals surface area contributed by atoms with Crippen LogP contribution in [0.3, 0.4) is 0 Å². The minimum absolute atomic E-state index is 0.160. The molecule has 9 heteroatoms. The number of nitro benzene ring substituents is 2. The standard InChI is InChI=1S/C16H15Cl2N3O4/c1-16(2,3)11-7-10(20(22)23)8-14(21(24)25)15(11)19-13-5-4-9(17)6-12(13)18/h4-8,19H,1-3H3. The Balaban J connectivity index is 2.73. The third kappa shape index (κ3) is 4.18. The van der Waals surface area contributed by atoms with Crippen LogP contribution < -0.4 is 5.32 Å². The fourth-order valence-corrected chi connectivity index (χ4v) is 2.77. The largest absolute Gasteiger partial charge is 0.348 e. The van der Waals surface area contributed by atoms with Gasteiger partial charge in [-0.2, -0.15) is 0 Å². The fourth-order valence-electron chi connectivity index (χ4n) is 2.31. The molecule has 0 unspecified atom stereocenters. The van der Waals surface area contributed by atoms with Gasteiger partial charge in [-0.05, 0) is 29.2 Å². The van der Waals surface area contributed by atoms with Crippen LogP contribution in [-0.4, -0.2) is 9.85 Å². The molecule has 25 heavy (non-hydrogen) atoms. The number of rotatable bonds is 4. The lowest BCUT2D eigenvalue weighted by Crippen LogP contribution is -2.15. The molecule has 0 amide bonds. The van der Waals surface area contributed by atoms with Gasteiger partial charge in [0.05, 0.1) is 26.6 Å². The van der Waals surface area contributed by atoms with Crippen LogP contribution in [0.2, 0.25) is 10.0 Å². The van der Waals surface area contributed by atoms with E-state index in [9.17, 15) is 20.2 Å². The Kier molecular flexibility index (Phi) is 5.20. The van der Waals surface area contributed by atoms with Crippen LogP contribution in [-0.2, 0) is 5.41 Å². The van der Waals surface area contributed by atoms with Gasteiger partial charge in [0.2, 0.25) is 0 Å². The zero-order valence-electron chi connectivity index (χ0n) is 13.7. The van der Waals surface area contributed by atoms with E-state index in [2.05, 4.69) is 5.32 Å². The molecule has 132 valence electrons. The summed E-state index contributed by atoms with van der Waals surface area (Å²) in [6, 6.07) is 6.94. The Labute approximate surface area is 153 Å². The van der Waals surface area contributed by atoms with E-state index >= 15 is 0 Å². The van der Waals surface area contributed by atoms with Gasteiger partial charge in [0.25, 0.3) is 11.4 Å². The minimum atomic E-state index is -0.658. The number of halogens is 2.